The predicted octanol–water partition coefficient (Wildman–Crippen LogP) is 6.57. The topological polar surface area (TPSA) is 20.2 Å². The van der Waals surface area contributed by atoms with Crippen molar-refractivity contribution in [2.45, 2.75) is 103 Å². The molecular formula is C22H38O. The molecule has 1 N–H and O–H groups in total. The number of terminal acetylenes is 1. The molecule has 0 aliphatic rings. The summed E-state index contributed by atoms with van der Waals surface area (Å²) in [7, 11) is 0. The van der Waals surface area contributed by atoms with E-state index >= 15 is 0 Å². The normalized spacial score (nSPS) is 12.9. The monoisotopic (exact) mass is 318 g/mol. The molecule has 23 heavy (non-hydrogen) atoms. The maximum atomic E-state index is 9.16. The zero-order chi connectivity index (χ0) is 17.0. The minimum absolute atomic E-state index is 0.708. The van der Waals surface area contributed by atoms with Gasteiger partial charge in [-0.25, -0.2) is 0 Å². The SMILES string of the molecule is C#C[C@@H](O)/C=C/CCCCCCCCC/C=C/CCCCCC. The maximum absolute atomic E-state index is 9.16. The van der Waals surface area contributed by atoms with Crippen molar-refractivity contribution in [2.75, 3.05) is 0 Å². The molecule has 0 bridgehead atoms. The first-order chi connectivity index (χ1) is 11.3. The lowest BCUT2D eigenvalue weighted by Crippen LogP contribution is -1.95. The van der Waals surface area contributed by atoms with Crippen LogP contribution in [0.2, 0.25) is 0 Å². The summed E-state index contributed by atoms with van der Waals surface area (Å²) in [5.74, 6) is 2.28. The average Bonchev–Trinajstić information content (AvgIpc) is 2.57. The largest absolute Gasteiger partial charge is 0.377 e. The lowest BCUT2D eigenvalue weighted by molar-refractivity contribution is 0.280. The molecule has 0 saturated heterocycles. The van der Waals surface area contributed by atoms with Crippen LogP contribution < -0.4 is 0 Å². The Labute approximate surface area is 145 Å². The second kappa shape index (κ2) is 19.0. The zero-order valence-corrected chi connectivity index (χ0v) is 15.3. The summed E-state index contributed by atoms with van der Waals surface area (Å²) < 4.78 is 0. The molecular weight excluding hydrogens is 280 g/mol. The van der Waals surface area contributed by atoms with Gasteiger partial charge in [0.1, 0.15) is 6.10 Å². The molecule has 0 rings (SSSR count). The highest BCUT2D eigenvalue weighted by atomic mass is 16.3. The lowest BCUT2D eigenvalue weighted by Gasteiger charge is -2.00. The van der Waals surface area contributed by atoms with E-state index in [1.807, 2.05) is 6.08 Å². The summed E-state index contributed by atoms with van der Waals surface area (Å²) >= 11 is 0. The lowest BCUT2D eigenvalue weighted by atomic mass is 10.1. The summed E-state index contributed by atoms with van der Waals surface area (Å²) in [5, 5.41) is 9.16. The first kappa shape index (κ1) is 22.0. The molecule has 0 radical (unpaired) electrons. The van der Waals surface area contributed by atoms with E-state index in [0.29, 0.717) is 0 Å². The smallest absolute Gasteiger partial charge is 0.133 e. The van der Waals surface area contributed by atoms with Gasteiger partial charge in [0.05, 0.1) is 0 Å². The summed E-state index contributed by atoms with van der Waals surface area (Å²) in [4.78, 5) is 0. The highest BCUT2D eigenvalue weighted by Crippen LogP contribution is 2.11. The van der Waals surface area contributed by atoms with Crippen LogP contribution >= 0.6 is 0 Å². The number of hydrogen-bond donors (Lipinski definition) is 1. The molecule has 0 aromatic carbocycles. The zero-order valence-electron chi connectivity index (χ0n) is 15.3. The van der Waals surface area contributed by atoms with Crippen molar-refractivity contribution in [2.24, 2.45) is 0 Å². The van der Waals surface area contributed by atoms with Crippen LogP contribution in [-0.2, 0) is 0 Å². The summed E-state index contributed by atoms with van der Waals surface area (Å²) in [6, 6.07) is 0. The number of rotatable bonds is 16. The molecule has 0 saturated carbocycles. The Kier molecular flexibility index (Phi) is 18.2. The molecule has 132 valence electrons. The second-order valence-electron chi connectivity index (χ2n) is 6.41. The van der Waals surface area contributed by atoms with Crippen molar-refractivity contribution in [1.82, 2.24) is 0 Å². The molecule has 1 heteroatoms. The van der Waals surface area contributed by atoms with E-state index in [0.717, 1.165) is 6.42 Å². The van der Waals surface area contributed by atoms with Gasteiger partial charge in [0.25, 0.3) is 0 Å². The van der Waals surface area contributed by atoms with Gasteiger partial charge in [-0.1, -0.05) is 82.4 Å². The van der Waals surface area contributed by atoms with Crippen molar-refractivity contribution < 1.29 is 5.11 Å². The first-order valence-electron chi connectivity index (χ1n) is 9.77. The van der Waals surface area contributed by atoms with E-state index in [2.05, 4.69) is 25.0 Å². The molecule has 0 aliphatic heterocycles. The summed E-state index contributed by atoms with van der Waals surface area (Å²) in [6.45, 7) is 2.26. The molecule has 0 spiro atoms. The Morgan fingerprint density at radius 1 is 0.739 bits per heavy atom. The number of aliphatic hydroxyl groups is 1. The molecule has 1 atom stereocenters. The standard InChI is InChI=1S/C22H38O/c1-3-5-6-7-8-9-10-11-12-13-14-15-16-17-18-19-20-21-22(23)4-2/h2,9-10,20-23H,3,5-8,11-19H2,1H3/b10-9+,21-20+/t22-/m1/s1. The highest BCUT2D eigenvalue weighted by molar-refractivity contribution is 5.05. The minimum atomic E-state index is -0.708. The van der Waals surface area contributed by atoms with E-state index in [4.69, 9.17) is 11.5 Å². The van der Waals surface area contributed by atoms with E-state index in [9.17, 15) is 0 Å². The first-order valence-corrected chi connectivity index (χ1v) is 9.77. The number of aliphatic hydroxyl groups excluding tert-OH is 1. The van der Waals surface area contributed by atoms with Crippen LogP contribution in [0, 0.1) is 12.3 Å². The number of unbranched alkanes of at least 4 members (excludes halogenated alkanes) is 12. The van der Waals surface area contributed by atoms with Crippen LogP contribution in [0.4, 0.5) is 0 Å². The molecule has 0 amide bonds. The van der Waals surface area contributed by atoms with Crippen LogP contribution in [0.3, 0.4) is 0 Å². The van der Waals surface area contributed by atoms with E-state index in [-0.39, 0.29) is 0 Å². The van der Waals surface area contributed by atoms with Crippen LogP contribution in [0.15, 0.2) is 24.3 Å². The molecule has 0 unspecified atom stereocenters. The van der Waals surface area contributed by atoms with Gasteiger partial charge in [0, 0.05) is 0 Å². The van der Waals surface area contributed by atoms with Crippen LogP contribution in [0.1, 0.15) is 96.8 Å². The van der Waals surface area contributed by atoms with Crippen LogP contribution in [-0.4, -0.2) is 11.2 Å². The van der Waals surface area contributed by atoms with Crippen molar-refractivity contribution in [3.63, 3.8) is 0 Å². The summed E-state index contributed by atoms with van der Waals surface area (Å²) in [6.07, 6.45) is 31.1. The van der Waals surface area contributed by atoms with E-state index < -0.39 is 6.10 Å². The van der Waals surface area contributed by atoms with Gasteiger partial charge in [-0.05, 0) is 44.6 Å². The third kappa shape index (κ3) is 19.0. The van der Waals surface area contributed by atoms with Gasteiger partial charge in [0.2, 0.25) is 0 Å². The van der Waals surface area contributed by atoms with Gasteiger partial charge in [-0.2, -0.15) is 0 Å². The van der Waals surface area contributed by atoms with Gasteiger partial charge in [0.15, 0.2) is 0 Å². The highest BCUT2D eigenvalue weighted by Gasteiger charge is 1.92. The van der Waals surface area contributed by atoms with E-state index in [1.165, 1.54) is 83.5 Å². The van der Waals surface area contributed by atoms with Crippen LogP contribution in [0.5, 0.6) is 0 Å². The fourth-order valence-corrected chi connectivity index (χ4v) is 2.61. The molecule has 0 aromatic heterocycles. The van der Waals surface area contributed by atoms with E-state index in [1.54, 1.807) is 6.08 Å². The van der Waals surface area contributed by atoms with Gasteiger partial charge >= 0.3 is 0 Å². The van der Waals surface area contributed by atoms with Crippen molar-refractivity contribution in [3.05, 3.63) is 24.3 Å². The number of allylic oxidation sites excluding steroid dienone is 3. The minimum Gasteiger partial charge on any atom is -0.377 e. The summed E-state index contributed by atoms with van der Waals surface area (Å²) in [5.41, 5.74) is 0. The van der Waals surface area contributed by atoms with Gasteiger partial charge in [-0.15, -0.1) is 6.42 Å². The molecule has 0 aromatic rings. The third-order valence-electron chi connectivity index (χ3n) is 4.12. The quantitative estimate of drug-likeness (QED) is 0.194. The van der Waals surface area contributed by atoms with Crippen molar-refractivity contribution in [1.29, 1.82) is 0 Å². The Morgan fingerprint density at radius 3 is 1.65 bits per heavy atom. The van der Waals surface area contributed by atoms with Gasteiger partial charge < -0.3 is 5.11 Å². The fraction of sp³-hybridized carbons (Fsp3) is 0.727. The predicted molar refractivity (Wildman–Crippen MR) is 103 cm³/mol. The average molecular weight is 319 g/mol. The van der Waals surface area contributed by atoms with Gasteiger partial charge in [-0.3, -0.25) is 0 Å². The Hall–Kier alpha value is -1.00. The van der Waals surface area contributed by atoms with Crippen molar-refractivity contribution >= 4 is 0 Å². The Morgan fingerprint density at radius 2 is 1.17 bits per heavy atom. The molecule has 0 fully saturated rings. The van der Waals surface area contributed by atoms with Crippen LogP contribution in [0.25, 0.3) is 0 Å². The second-order valence-corrected chi connectivity index (χ2v) is 6.41. The molecule has 0 heterocycles. The molecule has 1 nitrogen and oxygen atoms in total. The number of hydrogen-bond acceptors (Lipinski definition) is 1. The Bertz CT molecular complexity index is 321. The molecule has 0 aliphatic carbocycles. The fourth-order valence-electron chi connectivity index (χ4n) is 2.61. The third-order valence-corrected chi connectivity index (χ3v) is 4.12. The Balaban J connectivity index is 3.15. The maximum Gasteiger partial charge on any atom is 0.133 e. The van der Waals surface area contributed by atoms with Crippen molar-refractivity contribution in [3.8, 4) is 12.3 Å².